The fourth-order valence-electron chi connectivity index (χ4n) is 3.25. The summed E-state index contributed by atoms with van der Waals surface area (Å²) in [7, 11) is 1.74. The zero-order valence-electron chi connectivity index (χ0n) is 14.2. The summed E-state index contributed by atoms with van der Waals surface area (Å²) in [6.07, 6.45) is 2.38. The molecule has 2 aliphatic rings. The average Bonchev–Trinajstić information content (AvgIpc) is 3.04. The molecule has 3 atom stereocenters. The summed E-state index contributed by atoms with van der Waals surface area (Å²) in [5.74, 6) is 0.119. The topological polar surface area (TPSA) is 54.0 Å². The zero-order valence-corrected chi connectivity index (χ0v) is 14.2. The Morgan fingerprint density at radius 1 is 1.45 bits per heavy atom. The van der Waals surface area contributed by atoms with Gasteiger partial charge in [0, 0.05) is 52.5 Å². The molecule has 0 aromatic heterocycles. The van der Waals surface area contributed by atoms with Crippen molar-refractivity contribution in [1.29, 1.82) is 0 Å². The molecule has 2 fully saturated rings. The lowest BCUT2D eigenvalue weighted by Gasteiger charge is -2.41. The van der Waals surface area contributed by atoms with Crippen LogP contribution in [-0.4, -0.2) is 86.9 Å². The van der Waals surface area contributed by atoms with Gasteiger partial charge in [0.1, 0.15) is 0 Å². The largest absolute Gasteiger partial charge is 0.383 e. The van der Waals surface area contributed by atoms with E-state index in [1.165, 1.54) is 0 Å². The summed E-state index contributed by atoms with van der Waals surface area (Å²) in [5.41, 5.74) is 0. The smallest absolute Gasteiger partial charge is 0.237 e. The van der Waals surface area contributed by atoms with Gasteiger partial charge in [-0.2, -0.15) is 0 Å². The van der Waals surface area contributed by atoms with Gasteiger partial charge in [0.25, 0.3) is 0 Å². The zero-order chi connectivity index (χ0) is 15.9. The Morgan fingerprint density at radius 3 is 2.91 bits per heavy atom. The highest BCUT2D eigenvalue weighted by molar-refractivity contribution is 5.81. The number of hydrogen-bond acceptors (Lipinski definition) is 5. The van der Waals surface area contributed by atoms with Crippen LogP contribution in [-0.2, 0) is 14.3 Å². The number of carbonyl (C=O) groups excluding carboxylic acids is 1. The SMILES string of the molecule is COCCN1CCN([C@H](C)C(=O)NC[C@H]2CCCO2)C[C@@H]1C. The first-order valence-corrected chi connectivity index (χ1v) is 8.48. The van der Waals surface area contributed by atoms with E-state index in [0.717, 1.165) is 52.2 Å². The standard InChI is InChI=1S/C16H31N3O3/c1-13-12-19(7-6-18(13)8-10-21-3)14(2)16(20)17-11-15-5-4-9-22-15/h13-15H,4-12H2,1-3H3,(H,17,20)/t13-,14+,15+/m0/s1. The molecule has 2 aliphatic heterocycles. The van der Waals surface area contributed by atoms with Gasteiger partial charge < -0.3 is 14.8 Å². The van der Waals surface area contributed by atoms with E-state index in [2.05, 4.69) is 22.0 Å². The molecule has 1 amide bonds. The van der Waals surface area contributed by atoms with Gasteiger partial charge in [-0.25, -0.2) is 0 Å². The highest BCUT2D eigenvalue weighted by atomic mass is 16.5. The third-order valence-electron chi connectivity index (χ3n) is 4.83. The summed E-state index contributed by atoms with van der Waals surface area (Å²) in [4.78, 5) is 17.0. The number of amides is 1. The Hall–Kier alpha value is -0.690. The van der Waals surface area contributed by atoms with Gasteiger partial charge in [0.15, 0.2) is 0 Å². The van der Waals surface area contributed by atoms with Crippen LogP contribution in [0, 0.1) is 0 Å². The summed E-state index contributed by atoms with van der Waals surface area (Å²) >= 11 is 0. The minimum Gasteiger partial charge on any atom is -0.383 e. The molecular formula is C16H31N3O3. The molecule has 1 N–H and O–H groups in total. The van der Waals surface area contributed by atoms with E-state index in [0.29, 0.717) is 12.6 Å². The predicted molar refractivity (Wildman–Crippen MR) is 85.9 cm³/mol. The number of piperazine rings is 1. The quantitative estimate of drug-likeness (QED) is 0.734. The molecule has 6 heteroatoms. The molecule has 0 aromatic carbocycles. The van der Waals surface area contributed by atoms with Crippen molar-refractivity contribution >= 4 is 5.91 Å². The third kappa shape index (κ3) is 4.91. The molecule has 2 heterocycles. The van der Waals surface area contributed by atoms with E-state index >= 15 is 0 Å². The van der Waals surface area contributed by atoms with E-state index in [9.17, 15) is 4.79 Å². The summed E-state index contributed by atoms with van der Waals surface area (Å²) in [5, 5.41) is 3.04. The lowest BCUT2D eigenvalue weighted by molar-refractivity contribution is -0.127. The molecule has 6 nitrogen and oxygen atoms in total. The third-order valence-corrected chi connectivity index (χ3v) is 4.83. The maximum atomic E-state index is 12.3. The van der Waals surface area contributed by atoms with Gasteiger partial charge in [0.2, 0.25) is 5.91 Å². The monoisotopic (exact) mass is 313 g/mol. The van der Waals surface area contributed by atoms with E-state index in [-0.39, 0.29) is 18.1 Å². The van der Waals surface area contributed by atoms with Gasteiger partial charge in [0.05, 0.1) is 18.8 Å². The van der Waals surface area contributed by atoms with E-state index in [4.69, 9.17) is 9.47 Å². The number of rotatable bonds is 7. The van der Waals surface area contributed by atoms with Crippen molar-refractivity contribution < 1.29 is 14.3 Å². The first kappa shape index (κ1) is 17.7. The van der Waals surface area contributed by atoms with Gasteiger partial charge in [-0.05, 0) is 26.7 Å². The molecule has 128 valence electrons. The molecule has 0 spiro atoms. The Balaban J connectivity index is 1.72. The molecule has 0 unspecified atom stereocenters. The Labute approximate surface area is 134 Å². The second-order valence-corrected chi connectivity index (χ2v) is 6.43. The number of hydrogen-bond donors (Lipinski definition) is 1. The number of nitrogens with zero attached hydrogens (tertiary/aromatic N) is 2. The number of methoxy groups -OCH3 is 1. The predicted octanol–water partition coefficient (Wildman–Crippen LogP) is 0.323. The molecule has 0 aromatic rings. The molecular weight excluding hydrogens is 282 g/mol. The molecule has 2 saturated heterocycles. The minimum absolute atomic E-state index is 0.0755. The van der Waals surface area contributed by atoms with Crippen molar-refractivity contribution in [3.8, 4) is 0 Å². The second-order valence-electron chi connectivity index (χ2n) is 6.43. The van der Waals surface area contributed by atoms with Crippen LogP contribution in [0.25, 0.3) is 0 Å². The van der Waals surface area contributed by atoms with E-state index < -0.39 is 0 Å². The van der Waals surface area contributed by atoms with Gasteiger partial charge >= 0.3 is 0 Å². The summed E-state index contributed by atoms with van der Waals surface area (Å²) in [6, 6.07) is 0.380. The molecule has 0 saturated carbocycles. The minimum atomic E-state index is -0.0755. The highest BCUT2D eigenvalue weighted by Crippen LogP contribution is 2.13. The number of nitrogens with one attached hydrogen (secondary N) is 1. The van der Waals surface area contributed by atoms with Crippen molar-refractivity contribution in [2.24, 2.45) is 0 Å². The molecule has 2 rings (SSSR count). The number of carbonyl (C=O) groups is 1. The van der Waals surface area contributed by atoms with Crippen molar-refractivity contribution in [3.05, 3.63) is 0 Å². The Kier molecular flexibility index (Phi) is 7.08. The van der Waals surface area contributed by atoms with E-state index in [1.807, 2.05) is 6.92 Å². The van der Waals surface area contributed by atoms with Crippen LogP contribution < -0.4 is 5.32 Å². The fourth-order valence-corrected chi connectivity index (χ4v) is 3.25. The van der Waals surface area contributed by atoms with Crippen LogP contribution in [0.1, 0.15) is 26.7 Å². The highest BCUT2D eigenvalue weighted by Gasteiger charge is 2.29. The van der Waals surface area contributed by atoms with Gasteiger partial charge in [-0.3, -0.25) is 14.6 Å². The van der Waals surface area contributed by atoms with Crippen LogP contribution in [0.15, 0.2) is 0 Å². The fraction of sp³-hybridized carbons (Fsp3) is 0.938. The molecule has 0 bridgehead atoms. The Bertz CT molecular complexity index is 348. The van der Waals surface area contributed by atoms with Crippen molar-refractivity contribution in [3.63, 3.8) is 0 Å². The van der Waals surface area contributed by atoms with E-state index in [1.54, 1.807) is 7.11 Å². The molecule has 22 heavy (non-hydrogen) atoms. The van der Waals surface area contributed by atoms with Crippen LogP contribution >= 0.6 is 0 Å². The average molecular weight is 313 g/mol. The van der Waals surface area contributed by atoms with Crippen LogP contribution in [0.3, 0.4) is 0 Å². The van der Waals surface area contributed by atoms with Crippen LogP contribution in [0.5, 0.6) is 0 Å². The molecule has 0 aliphatic carbocycles. The lowest BCUT2D eigenvalue weighted by atomic mass is 10.1. The van der Waals surface area contributed by atoms with Gasteiger partial charge in [-0.15, -0.1) is 0 Å². The van der Waals surface area contributed by atoms with Crippen molar-refractivity contribution in [2.75, 3.05) is 53.0 Å². The number of ether oxygens (including phenoxy) is 2. The maximum Gasteiger partial charge on any atom is 0.237 e. The first-order valence-electron chi connectivity index (χ1n) is 8.48. The first-order chi connectivity index (χ1) is 10.6. The van der Waals surface area contributed by atoms with Crippen LogP contribution in [0.2, 0.25) is 0 Å². The van der Waals surface area contributed by atoms with Gasteiger partial charge in [-0.1, -0.05) is 0 Å². The van der Waals surface area contributed by atoms with Crippen molar-refractivity contribution in [1.82, 2.24) is 15.1 Å². The van der Waals surface area contributed by atoms with Crippen molar-refractivity contribution in [2.45, 2.75) is 44.9 Å². The second kappa shape index (κ2) is 8.82. The lowest BCUT2D eigenvalue weighted by Crippen LogP contribution is -2.58. The maximum absolute atomic E-state index is 12.3. The normalized spacial score (nSPS) is 28.7. The summed E-state index contributed by atoms with van der Waals surface area (Å²) < 4.78 is 10.7. The molecule has 0 radical (unpaired) electrons. The Morgan fingerprint density at radius 2 is 2.27 bits per heavy atom. The summed E-state index contributed by atoms with van der Waals surface area (Å²) in [6.45, 7) is 10.3. The van der Waals surface area contributed by atoms with Crippen LogP contribution in [0.4, 0.5) is 0 Å².